The first kappa shape index (κ1) is 11.9. The van der Waals surface area contributed by atoms with Crippen LogP contribution < -0.4 is 0 Å². The normalized spacial score (nSPS) is 12.2. The van der Waals surface area contributed by atoms with Crippen molar-refractivity contribution < 1.29 is 9.53 Å². The van der Waals surface area contributed by atoms with Gasteiger partial charge in [-0.25, -0.2) is 0 Å². The van der Waals surface area contributed by atoms with Gasteiger partial charge in [-0.3, -0.25) is 4.79 Å². The molecule has 1 atom stereocenters. The van der Waals surface area contributed by atoms with E-state index in [9.17, 15) is 4.79 Å². The predicted molar refractivity (Wildman–Crippen MR) is 49.0 cm³/mol. The minimum Gasteiger partial charge on any atom is -0.469 e. The van der Waals surface area contributed by atoms with Crippen LogP contribution in [0.5, 0.6) is 0 Å². The summed E-state index contributed by atoms with van der Waals surface area (Å²) in [6.45, 7) is 2.59. The SMILES string of the molecule is COC(=O)CCN(C)C(C)CC#N. The van der Waals surface area contributed by atoms with Gasteiger partial charge in [-0.15, -0.1) is 0 Å². The van der Waals surface area contributed by atoms with E-state index in [0.29, 0.717) is 19.4 Å². The van der Waals surface area contributed by atoms with Crippen molar-refractivity contribution in [3.63, 3.8) is 0 Å². The number of hydrogen-bond donors (Lipinski definition) is 0. The highest BCUT2D eigenvalue weighted by molar-refractivity contribution is 5.69. The zero-order chi connectivity index (χ0) is 10.3. The van der Waals surface area contributed by atoms with Crippen LogP contribution in [-0.4, -0.2) is 37.6 Å². The number of hydrogen-bond acceptors (Lipinski definition) is 4. The largest absolute Gasteiger partial charge is 0.469 e. The topological polar surface area (TPSA) is 53.3 Å². The molecule has 0 fully saturated rings. The van der Waals surface area contributed by atoms with Crippen molar-refractivity contribution in [3.8, 4) is 6.07 Å². The van der Waals surface area contributed by atoms with Crippen LogP contribution in [0.25, 0.3) is 0 Å². The summed E-state index contributed by atoms with van der Waals surface area (Å²) in [7, 11) is 3.27. The van der Waals surface area contributed by atoms with E-state index in [4.69, 9.17) is 5.26 Å². The molecule has 0 saturated carbocycles. The highest BCUT2D eigenvalue weighted by Gasteiger charge is 2.10. The molecule has 0 radical (unpaired) electrons. The lowest BCUT2D eigenvalue weighted by Gasteiger charge is -2.21. The highest BCUT2D eigenvalue weighted by Crippen LogP contribution is 2.00. The van der Waals surface area contributed by atoms with Gasteiger partial charge in [-0.2, -0.15) is 5.26 Å². The number of carbonyl (C=O) groups excluding carboxylic acids is 1. The Morgan fingerprint density at radius 1 is 1.69 bits per heavy atom. The molecule has 0 aliphatic rings. The van der Waals surface area contributed by atoms with Gasteiger partial charge in [-0.05, 0) is 14.0 Å². The van der Waals surface area contributed by atoms with E-state index in [1.54, 1.807) is 0 Å². The Balaban J connectivity index is 3.68. The van der Waals surface area contributed by atoms with Gasteiger partial charge in [0.15, 0.2) is 0 Å². The minimum absolute atomic E-state index is 0.189. The fourth-order valence-corrected chi connectivity index (χ4v) is 0.878. The second-order valence-corrected chi connectivity index (χ2v) is 3.02. The van der Waals surface area contributed by atoms with Gasteiger partial charge in [0, 0.05) is 12.6 Å². The molecule has 0 aromatic carbocycles. The Labute approximate surface area is 79.1 Å². The van der Waals surface area contributed by atoms with Crippen LogP contribution in [0.2, 0.25) is 0 Å². The number of nitrogens with zero attached hydrogens (tertiary/aromatic N) is 2. The van der Waals surface area contributed by atoms with Crippen molar-refractivity contribution in [1.29, 1.82) is 5.26 Å². The molecule has 0 rings (SSSR count). The molecule has 13 heavy (non-hydrogen) atoms. The monoisotopic (exact) mass is 184 g/mol. The molecule has 74 valence electrons. The molecule has 0 N–H and O–H groups in total. The zero-order valence-electron chi connectivity index (χ0n) is 8.41. The molecule has 0 saturated heterocycles. The van der Waals surface area contributed by atoms with E-state index in [-0.39, 0.29) is 12.0 Å². The maximum atomic E-state index is 10.8. The molecule has 0 heterocycles. The second kappa shape index (κ2) is 6.44. The standard InChI is InChI=1S/C9H16N2O2/c1-8(4-6-10)11(2)7-5-9(12)13-3/h8H,4-5,7H2,1-3H3. The van der Waals surface area contributed by atoms with Crippen LogP contribution in [0.15, 0.2) is 0 Å². The fraction of sp³-hybridized carbons (Fsp3) is 0.778. The third-order valence-electron chi connectivity index (χ3n) is 2.04. The van der Waals surface area contributed by atoms with E-state index in [1.165, 1.54) is 7.11 Å². The summed E-state index contributed by atoms with van der Waals surface area (Å²) in [6.07, 6.45) is 0.862. The molecule has 4 heteroatoms. The lowest BCUT2D eigenvalue weighted by atomic mass is 10.2. The van der Waals surface area contributed by atoms with Gasteiger partial charge in [0.05, 0.1) is 26.0 Å². The van der Waals surface area contributed by atoms with Crippen LogP contribution in [0.1, 0.15) is 19.8 Å². The molecular formula is C9H16N2O2. The summed E-state index contributed by atoms with van der Waals surface area (Å²) >= 11 is 0. The Kier molecular flexibility index (Phi) is 5.90. The first-order chi connectivity index (χ1) is 6.11. The molecule has 0 aromatic rings. The molecular weight excluding hydrogens is 168 g/mol. The van der Waals surface area contributed by atoms with Crippen molar-refractivity contribution >= 4 is 5.97 Å². The number of methoxy groups -OCH3 is 1. The van der Waals surface area contributed by atoms with E-state index in [1.807, 2.05) is 18.9 Å². The van der Waals surface area contributed by atoms with Crippen LogP contribution in [0, 0.1) is 11.3 Å². The Morgan fingerprint density at radius 2 is 2.31 bits per heavy atom. The molecule has 1 unspecified atom stereocenters. The number of esters is 1. The summed E-state index contributed by atoms with van der Waals surface area (Å²) in [6, 6.07) is 2.28. The minimum atomic E-state index is -0.212. The molecule has 0 aliphatic carbocycles. The molecule has 0 aliphatic heterocycles. The predicted octanol–water partition coefficient (Wildman–Crippen LogP) is 0.783. The fourth-order valence-electron chi connectivity index (χ4n) is 0.878. The van der Waals surface area contributed by atoms with E-state index in [2.05, 4.69) is 10.8 Å². The van der Waals surface area contributed by atoms with Crippen molar-refractivity contribution in [1.82, 2.24) is 4.90 Å². The lowest BCUT2D eigenvalue weighted by molar-refractivity contribution is -0.141. The summed E-state index contributed by atoms with van der Waals surface area (Å²) in [5, 5.41) is 8.44. The third kappa shape index (κ3) is 5.21. The summed E-state index contributed by atoms with van der Waals surface area (Å²) in [5.74, 6) is -0.212. The summed E-state index contributed by atoms with van der Waals surface area (Å²) < 4.78 is 4.51. The van der Waals surface area contributed by atoms with Crippen LogP contribution in [0.4, 0.5) is 0 Å². The number of rotatable bonds is 5. The molecule has 0 amide bonds. The van der Waals surface area contributed by atoms with Crippen LogP contribution in [0.3, 0.4) is 0 Å². The van der Waals surface area contributed by atoms with Gasteiger partial charge in [0.2, 0.25) is 0 Å². The lowest BCUT2D eigenvalue weighted by Crippen LogP contribution is -2.30. The second-order valence-electron chi connectivity index (χ2n) is 3.02. The van der Waals surface area contributed by atoms with Crippen LogP contribution in [-0.2, 0) is 9.53 Å². The summed E-state index contributed by atoms with van der Waals surface area (Å²) in [5.41, 5.74) is 0. The third-order valence-corrected chi connectivity index (χ3v) is 2.04. The van der Waals surface area contributed by atoms with Crippen molar-refractivity contribution in [3.05, 3.63) is 0 Å². The molecule has 0 bridgehead atoms. The van der Waals surface area contributed by atoms with Gasteiger partial charge < -0.3 is 9.64 Å². The number of ether oxygens (including phenoxy) is 1. The van der Waals surface area contributed by atoms with Crippen molar-refractivity contribution in [2.75, 3.05) is 20.7 Å². The first-order valence-electron chi connectivity index (χ1n) is 4.25. The molecule has 0 spiro atoms. The zero-order valence-corrected chi connectivity index (χ0v) is 8.41. The van der Waals surface area contributed by atoms with E-state index >= 15 is 0 Å². The Morgan fingerprint density at radius 3 is 2.77 bits per heavy atom. The smallest absolute Gasteiger partial charge is 0.306 e. The van der Waals surface area contributed by atoms with Gasteiger partial charge >= 0.3 is 5.97 Å². The average Bonchev–Trinajstić information content (AvgIpc) is 2.13. The van der Waals surface area contributed by atoms with Crippen molar-refractivity contribution in [2.45, 2.75) is 25.8 Å². The average molecular weight is 184 g/mol. The van der Waals surface area contributed by atoms with E-state index < -0.39 is 0 Å². The summed E-state index contributed by atoms with van der Waals surface area (Å²) in [4.78, 5) is 12.8. The van der Waals surface area contributed by atoms with Gasteiger partial charge in [-0.1, -0.05) is 0 Å². The maximum absolute atomic E-state index is 10.8. The molecule has 4 nitrogen and oxygen atoms in total. The quantitative estimate of drug-likeness (QED) is 0.592. The Bertz CT molecular complexity index is 198. The van der Waals surface area contributed by atoms with E-state index in [0.717, 1.165) is 0 Å². The van der Waals surface area contributed by atoms with Crippen LogP contribution >= 0.6 is 0 Å². The number of carbonyl (C=O) groups is 1. The Hall–Kier alpha value is -1.08. The maximum Gasteiger partial charge on any atom is 0.306 e. The van der Waals surface area contributed by atoms with Crippen molar-refractivity contribution in [2.24, 2.45) is 0 Å². The van der Waals surface area contributed by atoms with Gasteiger partial charge in [0.1, 0.15) is 0 Å². The van der Waals surface area contributed by atoms with Gasteiger partial charge in [0.25, 0.3) is 0 Å². The highest BCUT2D eigenvalue weighted by atomic mass is 16.5. The molecule has 0 aromatic heterocycles. The first-order valence-corrected chi connectivity index (χ1v) is 4.25. The number of nitriles is 1.